The van der Waals surface area contributed by atoms with Crippen molar-refractivity contribution < 1.29 is 9.59 Å². The number of urea groups is 1. The van der Waals surface area contributed by atoms with Gasteiger partial charge in [-0.25, -0.2) is 4.79 Å². The van der Waals surface area contributed by atoms with Crippen LogP contribution in [0, 0.1) is 0 Å². The minimum atomic E-state index is -0.842. The zero-order valence-corrected chi connectivity index (χ0v) is 8.48. The lowest BCUT2D eigenvalue weighted by Gasteiger charge is -2.22. The van der Waals surface area contributed by atoms with Crippen LogP contribution in [-0.4, -0.2) is 11.9 Å². The van der Waals surface area contributed by atoms with Crippen molar-refractivity contribution in [3.8, 4) is 0 Å². The predicted octanol–water partition coefficient (Wildman–Crippen LogP) is 1.19. The molecule has 1 saturated heterocycles. The molecule has 3 amide bonds. The van der Waals surface area contributed by atoms with Gasteiger partial charge in [0.15, 0.2) is 5.54 Å². The summed E-state index contributed by atoms with van der Waals surface area (Å²) < 4.78 is 0. The molecule has 74 valence electrons. The minimum Gasteiger partial charge on any atom is -0.319 e. The molecule has 1 fully saturated rings. The van der Waals surface area contributed by atoms with Gasteiger partial charge in [-0.1, -0.05) is 13.0 Å². The van der Waals surface area contributed by atoms with Crippen LogP contribution < -0.4 is 10.6 Å². The van der Waals surface area contributed by atoms with E-state index in [0.717, 1.165) is 4.88 Å². The maximum atomic E-state index is 11.6. The van der Waals surface area contributed by atoms with Crippen molar-refractivity contribution in [2.75, 3.05) is 0 Å². The number of carbonyl (C=O) groups is 2. The van der Waals surface area contributed by atoms with Gasteiger partial charge in [0, 0.05) is 4.88 Å². The highest BCUT2D eigenvalue weighted by molar-refractivity contribution is 7.10. The summed E-state index contributed by atoms with van der Waals surface area (Å²) >= 11 is 1.47. The normalized spacial score (nSPS) is 26.1. The van der Waals surface area contributed by atoms with Gasteiger partial charge in [0.25, 0.3) is 5.91 Å². The second-order valence-corrected chi connectivity index (χ2v) is 4.09. The molecule has 1 aromatic heterocycles. The molecule has 2 rings (SSSR count). The Labute approximate surface area is 85.3 Å². The molecule has 0 saturated carbocycles. The average Bonchev–Trinajstić information content (AvgIpc) is 2.73. The van der Waals surface area contributed by atoms with Crippen LogP contribution in [-0.2, 0) is 10.3 Å². The van der Waals surface area contributed by atoms with E-state index in [4.69, 9.17) is 0 Å². The van der Waals surface area contributed by atoms with E-state index in [2.05, 4.69) is 10.6 Å². The summed E-state index contributed by atoms with van der Waals surface area (Å²) in [5.74, 6) is -0.257. The summed E-state index contributed by atoms with van der Waals surface area (Å²) in [5.41, 5.74) is -0.842. The molecular weight excluding hydrogens is 200 g/mol. The summed E-state index contributed by atoms with van der Waals surface area (Å²) in [6.45, 7) is 1.88. The van der Waals surface area contributed by atoms with Crippen molar-refractivity contribution in [3.05, 3.63) is 22.4 Å². The van der Waals surface area contributed by atoms with Gasteiger partial charge in [0.05, 0.1) is 0 Å². The molecule has 0 aliphatic carbocycles. The molecule has 1 aliphatic heterocycles. The first-order valence-electron chi connectivity index (χ1n) is 4.36. The molecule has 2 heterocycles. The van der Waals surface area contributed by atoms with Crippen LogP contribution >= 0.6 is 11.3 Å². The average molecular weight is 210 g/mol. The van der Waals surface area contributed by atoms with E-state index in [0.29, 0.717) is 6.42 Å². The Hall–Kier alpha value is -1.36. The van der Waals surface area contributed by atoms with Crippen molar-refractivity contribution in [3.63, 3.8) is 0 Å². The highest BCUT2D eigenvalue weighted by atomic mass is 32.1. The van der Waals surface area contributed by atoms with E-state index < -0.39 is 11.6 Å². The quantitative estimate of drug-likeness (QED) is 0.720. The van der Waals surface area contributed by atoms with E-state index in [1.54, 1.807) is 0 Å². The van der Waals surface area contributed by atoms with E-state index in [-0.39, 0.29) is 5.91 Å². The molecular formula is C9H10N2O2S. The first-order chi connectivity index (χ1) is 6.69. The molecule has 2 N–H and O–H groups in total. The molecule has 0 radical (unpaired) electrons. The number of amides is 3. The van der Waals surface area contributed by atoms with Gasteiger partial charge in [0.1, 0.15) is 0 Å². The number of thiophene rings is 1. The van der Waals surface area contributed by atoms with Gasteiger partial charge in [-0.2, -0.15) is 0 Å². The fourth-order valence-electron chi connectivity index (χ4n) is 1.61. The van der Waals surface area contributed by atoms with Crippen molar-refractivity contribution >= 4 is 23.3 Å². The lowest BCUT2D eigenvalue weighted by molar-refractivity contribution is -0.124. The van der Waals surface area contributed by atoms with Crippen molar-refractivity contribution in [1.29, 1.82) is 0 Å². The van der Waals surface area contributed by atoms with Gasteiger partial charge in [0.2, 0.25) is 0 Å². The van der Waals surface area contributed by atoms with Crippen LogP contribution in [0.1, 0.15) is 18.2 Å². The van der Waals surface area contributed by atoms with Crippen LogP contribution in [0.5, 0.6) is 0 Å². The second-order valence-electron chi connectivity index (χ2n) is 3.14. The number of imide groups is 1. The number of carbonyl (C=O) groups excluding carboxylic acids is 2. The zero-order chi connectivity index (χ0) is 10.2. The van der Waals surface area contributed by atoms with E-state index in [1.807, 2.05) is 24.4 Å². The summed E-state index contributed by atoms with van der Waals surface area (Å²) in [6, 6.07) is 3.32. The number of hydrogen-bond donors (Lipinski definition) is 2. The third-order valence-corrected chi connectivity index (χ3v) is 3.45. The lowest BCUT2D eigenvalue weighted by atomic mass is 9.94. The predicted molar refractivity (Wildman–Crippen MR) is 53.0 cm³/mol. The molecule has 0 spiro atoms. The van der Waals surface area contributed by atoms with Crippen molar-refractivity contribution in [1.82, 2.24) is 10.6 Å². The zero-order valence-electron chi connectivity index (χ0n) is 7.66. The Morgan fingerprint density at radius 3 is 2.71 bits per heavy atom. The SMILES string of the molecule is CC[C@]1(c2cccs2)NC(=O)NC1=O. The third-order valence-electron chi connectivity index (χ3n) is 2.41. The van der Waals surface area contributed by atoms with Gasteiger partial charge in [-0.3, -0.25) is 10.1 Å². The molecule has 0 unspecified atom stereocenters. The second kappa shape index (κ2) is 3.09. The lowest BCUT2D eigenvalue weighted by Crippen LogP contribution is -2.42. The summed E-state index contributed by atoms with van der Waals surface area (Å²) in [4.78, 5) is 23.6. The minimum absolute atomic E-state index is 0.257. The molecule has 4 nitrogen and oxygen atoms in total. The molecule has 5 heteroatoms. The highest BCUT2D eigenvalue weighted by Gasteiger charge is 2.46. The van der Waals surface area contributed by atoms with Gasteiger partial charge in [-0.05, 0) is 17.9 Å². The summed E-state index contributed by atoms with van der Waals surface area (Å²) in [7, 11) is 0. The van der Waals surface area contributed by atoms with Crippen molar-refractivity contribution in [2.24, 2.45) is 0 Å². The van der Waals surface area contributed by atoms with E-state index in [1.165, 1.54) is 11.3 Å². The number of rotatable bonds is 2. The fraction of sp³-hybridized carbons (Fsp3) is 0.333. The van der Waals surface area contributed by atoms with E-state index >= 15 is 0 Å². The third kappa shape index (κ3) is 1.13. The Morgan fingerprint density at radius 2 is 2.29 bits per heavy atom. The highest BCUT2D eigenvalue weighted by Crippen LogP contribution is 2.31. The Kier molecular flexibility index (Phi) is 2.03. The van der Waals surface area contributed by atoms with Crippen LogP contribution in [0.4, 0.5) is 4.79 Å². The summed E-state index contributed by atoms with van der Waals surface area (Å²) in [6.07, 6.45) is 0.561. The molecule has 0 bridgehead atoms. The Balaban J connectivity index is 2.45. The molecule has 0 aromatic carbocycles. The van der Waals surface area contributed by atoms with Crippen molar-refractivity contribution in [2.45, 2.75) is 18.9 Å². The van der Waals surface area contributed by atoms with Gasteiger partial charge < -0.3 is 5.32 Å². The molecule has 1 atom stereocenters. The smallest absolute Gasteiger partial charge is 0.319 e. The maximum absolute atomic E-state index is 11.6. The van der Waals surface area contributed by atoms with Crippen LogP contribution in [0.25, 0.3) is 0 Å². The summed E-state index contributed by atoms with van der Waals surface area (Å²) in [5, 5.41) is 6.84. The maximum Gasteiger partial charge on any atom is 0.322 e. The largest absolute Gasteiger partial charge is 0.322 e. The Bertz CT molecular complexity index is 374. The van der Waals surface area contributed by atoms with Crippen LogP contribution in [0.15, 0.2) is 17.5 Å². The van der Waals surface area contributed by atoms with Gasteiger partial charge in [-0.15, -0.1) is 11.3 Å². The van der Waals surface area contributed by atoms with E-state index in [9.17, 15) is 9.59 Å². The van der Waals surface area contributed by atoms with Crippen LogP contribution in [0.2, 0.25) is 0 Å². The number of nitrogens with one attached hydrogen (secondary N) is 2. The topological polar surface area (TPSA) is 58.2 Å². The van der Waals surface area contributed by atoms with Crippen LogP contribution in [0.3, 0.4) is 0 Å². The molecule has 14 heavy (non-hydrogen) atoms. The first-order valence-corrected chi connectivity index (χ1v) is 5.24. The molecule has 1 aliphatic rings. The standard InChI is InChI=1S/C9H10N2O2S/c1-2-9(6-4-3-5-14-6)7(12)10-8(13)11-9/h3-5H,2H2,1H3,(H2,10,11,12,13)/t9-/m1/s1. The Morgan fingerprint density at radius 1 is 1.50 bits per heavy atom. The fourth-order valence-corrected chi connectivity index (χ4v) is 2.56. The monoisotopic (exact) mass is 210 g/mol. The number of hydrogen-bond acceptors (Lipinski definition) is 3. The first kappa shape index (κ1) is 9.21. The van der Waals surface area contributed by atoms with Gasteiger partial charge >= 0.3 is 6.03 Å². The molecule has 1 aromatic rings.